The van der Waals surface area contributed by atoms with Crippen molar-refractivity contribution in [2.24, 2.45) is 0 Å². The van der Waals surface area contributed by atoms with Gasteiger partial charge in [-0.1, -0.05) is 51.1 Å². The quantitative estimate of drug-likeness (QED) is 0.847. The maximum Gasteiger partial charge on any atom is 0.221 e. The van der Waals surface area contributed by atoms with Crippen molar-refractivity contribution in [3.63, 3.8) is 0 Å². The van der Waals surface area contributed by atoms with Gasteiger partial charge in [-0.05, 0) is 12.0 Å². The largest absolute Gasteiger partial charge is 0.378 e. The van der Waals surface area contributed by atoms with Gasteiger partial charge < -0.3 is 15.4 Å². The molecular formula is C18H28N2O2. The first kappa shape index (κ1) is 17.0. The standard InChI is InChI=1S/C18H28N2O2/c1-4-16(18(2,3)14-8-6-5-7-9-14)20-17(21)12-15-13-22-11-10-19-15/h5-9,15-16,19H,4,10-13H2,1-3H3,(H,20,21). The Morgan fingerprint density at radius 1 is 1.41 bits per heavy atom. The smallest absolute Gasteiger partial charge is 0.221 e. The van der Waals surface area contributed by atoms with Crippen LogP contribution in [0.5, 0.6) is 0 Å². The van der Waals surface area contributed by atoms with Crippen molar-refractivity contribution in [3.8, 4) is 0 Å². The molecule has 0 spiro atoms. The first-order chi connectivity index (χ1) is 10.5. The molecule has 0 bridgehead atoms. The zero-order valence-electron chi connectivity index (χ0n) is 13.9. The number of benzene rings is 1. The molecule has 1 fully saturated rings. The molecule has 2 N–H and O–H groups in total. The average molecular weight is 304 g/mol. The molecule has 0 aromatic heterocycles. The molecule has 0 saturated carbocycles. The van der Waals surface area contributed by atoms with E-state index in [1.54, 1.807) is 0 Å². The van der Waals surface area contributed by atoms with E-state index in [0.717, 1.165) is 19.6 Å². The third kappa shape index (κ3) is 4.31. The summed E-state index contributed by atoms with van der Waals surface area (Å²) >= 11 is 0. The summed E-state index contributed by atoms with van der Waals surface area (Å²) in [6.07, 6.45) is 1.38. The number of carbonyl (C=O) groups excluding carboxylic acids is 1. The predicted molar refractivity (Wildman–Crippen MR) is 88.9 cm³/mol. The molecule has 2 rings (SSSR count). The Bertz CT molecular complexity index is 467. The molecule has 1 aliphatic heterocycles. The lowest BCUT2D eigenvalue weighted by atomic mass is 9.76. The van der Waals surface area contributed by atoms with E-state index in [2.05, 4.69) is 55.7 Å². The second kappa shape index (κ2) is 7.75. The second-order valence-electron chi connectivity index (χ2n) is 6.55. The first-order valence-corrected chi connectivity index (χ1v) is 8.20. The van der Waals surface area contributed by atoms with E-state index in [1.165, 1.54) is 5.56 Å². The van der Waals surface area contributed by atoms with E-state index in [0.29, 0.717) is 13.0 Å². The highest BCUT2D eigenvalue weighted by molar-refractivity contribution is 5.77. The lowest BCUT2D eigenvalue weighted by Gasteiger charge is -2.35. The molecule has 0 aliphatic carbocycles. The van der Waals surface area contributed by atoms with Gasteiger partial charge in [0.1, 0.15) is 0 Å². The molecule has 2 atom stereocenters. The topological polar surface area (TPSA) is 50.4 Å². The van der Waals surface area contributed by atoms with Gasteiger partial charge >= 0.3 is 0 Å². The van der Waals surface area contributed by atoms with Crippen molar-refractivity contribution >= 4 is 5.91 Å². The minimum atomic E-state index is -0.0951. The molecule has 0 radical (unpaired) electrons. The summed E-state index contributed by atoms with van der Waals surface area (Å²) < 4.78 is 5.41. The summed E-state index contributed by atoms with van der Waals surface area (Å²) in [6, 6.07) is 10.6. The van der Waals surface area contributed by atoms with Gasteiger partial charge in [0.05, 0.1) is 13.2 Å². The highest BCUT2D eigenvalue weighted by atomic mass is 16.5. The maximum atomic E-state index is 12.4. The number of hydrogen-bond donors (Lipinski definition) is 2. The number of carbonyl (C=O) groups is 1. The fourth-order valence-corrected chi connectivity index (χ4v) is 3.09. The van der Waals surface area contributed by atoms with Gasteiger partial charge in [0, 0.05) is 30.5 Å². The summed E-state index contributed by atoms with van der Waals surface area (Å²) in [5.74, 6) is 0.0962. The Kier molecular flexibility index (Phi) is 5.98. The summed E-state index contributed by atoms with van der Waals surface area (Å²) in [6.45, 7) is 8.68. The van der Waals surface area contributed by atoms with Crippen LogP contribution in [0.25, 0.3) is 0 Å². The Morgan fingerprint density at radius 2 is 2.14 bits per heavy atom. The van der Waals surface area contributed by atoms with Crippen LogP contribution in [-0.2, 0) is 14.9 Å². The van der Waals surface area contributed by atoms with Gasteiger partial charge in [0.2, 0.25) is 5.91 Å². The van der Waals surface area contributed by atoms with Crippen LogP contribution in [0.2, 0.25) is 0 Å². The normalized spacial score (nSPS) is 20.4. The molecule has 4 heteroatoms. The van der Waals surface area contributed by atoms with Crippen LogP contribution in [-0.4, -0.2) is 37.7 Å². The molecule has 1 amide bonds. The van der Waals surface area contributed by atoms with E-state index in [9.17, 15) is 4.79 Å². The van der Waals surface area contributed by atoms with Gasteiger partial charge in [0.15, 0.2) is 0 Å². The Balaban J connectivity index is 1.97. The number of amides is 1. The van der Waals surface area contributed by atoms with Crippen LogP contribution in [0, 0.1) is 0 Å². The summed E-state index contributed by atoms with van der Waals surface area (Å²) in [4.78, 5) is 12.4. The van der Waals surface area contributed by atoms with E-state index in [1.807, 2.05) is 6.07 Å². The molecule has 4 nitrogen and oxygen atoms in total. The van der Waals surface area contributed by atoms with Gasteiger partial charge in [-0.15, -0.1) is 0 Å². The first-order valence-electron chi connectivity index (χ1n) is 8.20. The van der Waals surface area contributed by atoms with Gasteiger partial charge in [-0.3, -0.25) is 4.79 Å². The zero-order chi connectivity index (χ0) is 16.0. The van der Waals surface area contributed by atoms with Crippen molar-refractivity contribution in [1.29, 1.82) is 0 Å². The monoisotopic (exact) mass is 304 g/mol. The molecule has 1 aliphatic rings. The lowest BCUT2D eigenvalue weighted by Crippen LogP contribution is -2.50. The minimum Gasteiger partial charge on any atom is -0.378 e. The minimum absolute atomic E-state index is 0.0951. The SMILES string of the molecule is CCC(NC(=O)CC1COCCN1)C(C)(C)c1ccccc1. The van der Waals surface area contributed by atoms with Crippen LogP contribution in [0.3, 0.4) is 0 Å². The van der Waals surface area contributed by atoms with Crippen LogP contribution >= 0.6 is 0 Å². The van der Waals surface area contributed by atoms with Crippen LogP contribution in [0.1, 0.15) is 39.2 Å². The Labute approximate surface area is 133 Å². The van der Waals surface area contributed by atoms with Crippen molar-refractivity contribution in [2.75, 3.05) is 19.8 Å². The van der Waals surface area contributed by atoms with Gasteiger partial charge in [-0.2, -0.15) is 0 Å². The lowest BCUT2D eigenvalue weighted by molar-refractivity contribution is -0.123. The van der Waals surface area contributed by atoms with E-state index >= 15 is 0 Å². The van der Waals surface area contributed by atoms with Crippen molar-refractivity contribution in [3.05, 3.63) is 35.9 Å². The zero-order valence-corrected chi connectivity index (χ0v) is 13.9. The fourth-order valence-electron chi connectivity index (χ4n) is 3.09. The fraction of sp³-hybridized carbons (Fsp3) is 0.611. The summed E-state index contributed by atoms with van der Waals surface area (Å²) in [5, 5.41) is 6.54. The number of morpholine rings is 1. The average Bonchev–Trinajstić information content (AvgIpc) is 2.54. The highest BCUT2D eigenvalue weighted by Crippen LogP contribution is 2.28. The third-order valence-electron chi connectivity index (χ3n) is 4.56. The molecule has 2 unspecified atom stereocenters. The van der Waals surface area contributed by atoms with Gasteiger partial charge in [-0.25, -0.2) is 0 Å². The van der Waals surface area contributed by atoms with Crippen LogP contribution < -0.4 is 10.6 Å². The van der Waals surface area contributed by atoms with Crippen LogP contribution in [0.15, 0.2) is 30.3 Å². The van der Waals surface area contributed by atoms with Crippen molar-refractivity contribution in [1.82, 2.24) is 10.6 Å². The van der Waals surface area contributed by atoms with E-state index in [4.69, 9.17) is 4.74 Å². The molecule has 122 valence electrons. The number of ether oxygens (including phenoxy) is 1. The second-order valence-corrected chi connectivity index (χ2v) is 6.55. The number of rotatable bonds is 6. The molecule has 1 aromatic carbocycles. The molecule has 1 aromatic rings. The van der Waals surface area contributed by atoms with E-state index in [-0.39, 0.29) is 23.4 Å². The molecular weight excluding hydrogens is 276 g/mol. The van der Waals surface area contributed by atoms with Gasteiger partial charge in [0.25, 0.3) is 0 Å². The summed E-state index contributed by atoms with van der Waals surface area (Å²) in [5.41, 5.74) is 1.16. The number of hydrogen-bond acceptors (Lipinski definition) is 3. The van der Waals surface area contributed by atoms with E-state index < -0.39 is 0 Å². The number of nitrogens with one attached hydrogen (secondary N) is 2. The molecule has 1 heterocycles. The molecule has 22 heavy (non-hydrogen) atoms. The maximum absolute atomic E-state index is 12.4. The van der Waals surface area contributed by atoms with Crippen molar-refractivity contribution in [2.45, 2.75) is 51.1 Å². The van der Waals surface area contributed by atoms with Crippen LogP contribution in [0.4, 0.5) is 0 Å². The summed E-state index contributed by atoms with van der Waals surface area (Å²) in [7, 11) is 0. The predicted octanol–water partition coefficient (Wildman–Crippen LogP) is 2.24. The van der Waals surface area contributed by atoms with Crippen molar-refractivity contribution < 1.29 is 9.53 Å². The Hall–Kier alpha value is -1.39. The highest BCUT2D eigenvalue weighted by Gasteiger charge is 2.31. The third-order valence-corrected chi connectivity index (χ3v) is 4.56. The Morgan fingerprint density at radius 3 is 2.73 bits per heavy atom. The molecule has 1 saturated heterocycles.